The number of hydrogen-bond donors (Lipinski definition) is 5. The van der Waals surface area contributed by atoms with Crippen LogP contribution in [-0.2, 0) is 39.9 Å². The van der Waals surface area contributed by atoms with E-state index in [0.29, 0.717) is 35.8 Å². The average Bonchev–Trinajstić information content (AvgIpc) is 4.34. The number of nitrogens with one attached hydrogen (secondary N) is 5. The maximum absolute atomic E-state index is 15.0. The van der Waals surface area contributed by atoms with Crippen molar-refractivity contribution in [3.63, 3.8) is 0 Å². The maximum atomic E-state index is 15.0. The molecule has 450 valence electrons. The van der Waals surface area contributed by atoms with Crippen LogP contribution in [-0.4, -0.2) is 111 Å². The molecular weight excluding hydrogens is 1070 g/mol. The Morgan fingerprint density at radius 1 is 0.771 bits per heavy atom. The Kier molecular flexibility index (Phi) is 22.4. The molecule has 3 heterocycles. The summed E-state index contributed by atoms with van der Waals surface area (Å²) in [7, 11) is 1.50. The van der Waals surface area contributed by atoms with E-state index >= 15 is 4.79 Å². The van der Waals surface area contributed by atoms with Gasteiger partial charge in [0.15, 0.2) is 5.13 Å². The van der Waals surface area contributed by atoms with Crippen LogP contribution in [0.3, 0.4) is 0 Å². The monoisotopic (exact) mass is 1160 g/mol. The number of rotatable bonds is 23. The van der Waals surface area contributed by atoms with Crippen LogP contribution >= 0.6 is 11.3 Å². The molecule has 8 rings (SSSR count). The van der Waals surface area contributed by atoms with Gasteiger partial charge in [0.2, 0.25) is 29.5 Å². The van der Waals surface area contributed by atoms with E-state index in [4.69, 9.17) is 9.47 Å². The van der Waals surface area contributed by atoms with Gasteiger partial charge >= 0.3 is 12.2 Å². The van der Waals surface area contributed by atoms with E-state index in [2.05, 4.69) is 48.7 Å². The summed E-state index contributed by atoms with van der Waals surface area (Å²) in [5.74, 6) is -1.44. The first-order chi connectivity index (χ1) is 39.9. The van der Waals surface area contributed by atoms with E-state index < -0.39 is 47.9 Å². The molecule has 0 unspecified atom stereocenters. The van der Waals surface area contributed by atoms with Crippen molar-refractivity contribution in [2.75, 3.05) is 24.2 Å². The van der Waals surface area contributed by atoms with Crippen LogP contribution in [0.4, 0.5) is 20.4 Å². The molecule has 1 aliphatic heterocycles. The minimum absolute atomic E-state index is 0.0448. The third-order valence-corrected chi connectivity index (χ3v) is 17.9. The first kappa shape index (κ1) is 62.4. The van der Waals surface area contributed by atoms with E-state index in [1.54, 1.807) is 38.8 Å². The molecule has 5 N–H and O–H groups in total. The fraction of sp³-hybridized carbons (Fsp3) is 0.609. The average molecular weight is 1160 g/mol. The summed E-state index contributed by atoms with van der Waals surface area (Å²) in [5.41, 5.74) is 5.39. The van der Waals surface area contributed by atoms with Crippen LogP contribution in [0.25, 0.3) is 21.3 Å². The number of aromatic nitrogens is 2. The summed E-state index contributed by atoms with van der Waals surface area (Å²) in [6.45, 7) is 8.87. The number of fused-ring (bicyclic) bond motifs is 2. The summed E-state index contributed by atoms with van der Waals surface area (Å²) in [6, 6.07) is 12.6. The lowest BCUT2D eigenvalue weighted by molar-refractivity contribution is -0.143. The molecule has 2 aromatic heterocycles. The van der Waals surface area contributed by atoms with Crippen molar-refractivity contribution in [2.45, 2.75) is 231 Å². The zero-order chi connectivity index (χ0) is 59.0. The Labute approximate surface area is 494 Å². The number of aryl methyl sites for hydroxylation is 2. The van der Waals surface area contributed by atoms with Gasteiger partial charge in [-0.3, -0.25) is 39.2 Å². The van der Waals surface area contributed by atoms with E-state index in [-0.39, 0.29) is 54.7 Å². The number of benzene rings is 2. The van der Waals surface area contributed by atoms with Crippen molar-refractivity contribution in [1.29, 1.82) is 0 Å². The zero-order valence-corrected chi connectivity index (χ0v) is 50.6. The molecule has 1 saturated heterocycles. The van der Waals surface area contributed by atoms with Gasteiger partial charge in [-0.05, 0) is 152 Å². The van der Waals surface area contributed by atoms with Gasteiger partial charge in [-0.25, -0.2) is 14.6 Å². The van der Waals surface area contributed by atoms with Gasteiger partial charge in [-0.2, -0.15) is 0 Å². The highest BCUT2D eigenvalue weighted by atomic mass is 32.1. The lowest BCUT2D eigenvalue weighted by Crippen LogP contribution is -2.59. The first-order valence-electron chi connectivity index (χ1n) is 30.8. The lowest BCUT2D eigenvalue weighted by Gasteiger charge is -2.36. The Hall–Kier alpha value is -6.63. The number of nitrogens with zero attached hydrogens (tertiary/aromatic N) is 4. The molecule has 0 bridgehead atoms. The molecule has 18 nitrogen and oxygen atoms in total. The SMILES string of the molecule is Cc1ncc(-c2ccc3nc(NC(=O)CCCCCCCCCCC(=O)N[C@H]4C[C@@H](C(=O)N[C@@H]5CCCc6ccccc65)N(C(=O)[C@@H](NC(=O)[C@H](C)N(C)C(=O)OC(C)(C)C)C5CCCCC5)C4)sc3c2)cc1NC(=O)OC1CCCCC1. The molecule has 19 heteroatoms. The van der Waals surface area contributed by atoms with Crippen LogP contribution in [0.15, 0.2) is 54.7 Å². The highest BCUT2D eigenvalue weighted by Crippen LogP contribution is 2.35. The van der Waals surface area contributed by atoms with E-state index in [0.717, 1.165) is 149 Å². The molecule has 0 spiro atoms. The van der Waals surface area contributed by atoms with Crippen molar-refractivity contribution in [3.8, 4) is 11.1 Å². The van der Waals surface area contributed by atoms with E-state index in [1.165, 1.54) is 35.3 Å². The number of pyridine rings is 1. The van der Waals surface area contributed by atoms with Crippen LogP contribution in [0.5, 0.6) is 0 Å². The molecular formula is C64H89N9O9S. The number of likely N-dealkylation sites (tertiary alicyclic amines) is 1. The molecule has 2 saturated carbocycles. The summed E-state index contributed by atoms with van der Waals surface area (Å²) in [5, 5.41) is 15.9. The van der Waals surface area contributed by atoms with Crippen LogP contribution < -0.4 is 26.6 Å². The second-order valence-electron chi connectivity index (χ2n) is 24.5. The smallest absolute Gasteiger partial charge is 0.411 e. The van der Waals surface area contributed by atoms with E-state index in [1.807, 2.05) is 43.3 Å². The van der Waals surface area contributed by atoms with Gasteiger partial charge in [-0.1, -0.05) is 106 Å². The predicted octanol–water partition coefficient (Wildman–Crippen LogP) is 12.0. The van der Waals surface area contributed by atoms with Crippen LogP contribution in [0.2, 0.25) is 0 Å². The van der Waals surface area contributed by atoms with Crippen molar-refractivity contribution in [3.05, 3.63) is 71.5 Å². The van der Waals surface area contributed by atoms with Crippen molar-refractivity contribution < 1.29 is 43.0 Å². The Balaban J connectivity index is 0.765. The fourth-order valence-corrected chi connectivity index (χ4v) is 13.1. The summed E-state index contributed by atoms with van der Waals surface area (Å²) in [6.07, 6.45) is 21.1. The number of likely N-dealkylation sites (N-methyl/N-ethyl adjacent to an activating group) is 1. The van der Waals surface area contributed by atoms with Gasteiger partial charge < -0.3 is 35.6 Å². The van der Waals surface area contributed by atoms with E-state index in [9.17, 15) is 28.8 Å². The Morgan fingerprint density at radius 2 is 1.45 bits per heavy atom. The van der Waals surface area contributed by atoms with Crippen LogP contribution in [0.1, 0.15) is 198 Å². The number of thiazole rings is 1. The second-order valence-corrected chi connectivity index (χ2v) is 25.6. The number of ether oxygens (including phenoxy) is 2. The van der Waals surface area contributed by atoms with Crippen LogP contribution in [0, 0.1) is 12.8 Å². The maximum Gasteiger partial charge on any atom is 0.411 e. The molecule has 4 aromatic rings. The quantitative estimate of drug-likeness (QED) is 0.0439. The molecule has 4 aliphatic rings. The van der Waals surface area contributed by atoms with Crippen molar-refractivity contribution in [2.24, 2.45) is 5.92 Å². The Morgan fingerprint density at radius 3 is 2.16 bits per heavy atom. The van der Waals surface area contributed by atoms with Gasteiger partial charge in [0.1, 0.15) is 29.8 Å². The summed E-state index contributed by atoms with van der Waals surface area (Å²) in [4.78, 5) is 108. The minimum atomic E-state index is -0.934. The molecule has 3 fully saturated rings. The third-order valence-electron chi connectivity index (χ3n) is 16.9. The Bertz CT molecular complexity index is 2890. The standard InChI is InChI=1S/C64H89N9O9S/c1-41-52(69-62(79)81-48-28-17-14-18-29-48)36-46(39-65-41)45-34-35-51-54(37-45)83-61(68-51)70-56(75)33-20-12-10-8-7-9-11-19-32-55(74)66-47-38-53(59(77)67-50-31-23-27-43-24-21-22-30-49(43)50)73(40-47)60(78)57(44-25-15-13-16-26-44)71-58(76)42(2)72(6)63(80)82-64(3,4)5/h21-22,24,30,34-37,39,42,44,47-48,50,53,57H,7-20,23,25-29,31-33,38,40H2,1-6H3,(H,66,74)(H,67,77)(H,69,79)(H,71,76)(H,68,70,75)/t42-,47-,50+,53-,57-/m0/s1. The first-order valence-corrected chi connectivity index (χ1v) is 31.6. The number of unbranched alkanes of at least 4 members (excludes halogenated alkanes) is 7. The fourth-order valence-electron chi connectivity index (χ4n) is 12.1. The van der Waals surface area contributed by atoms with Crippen molar-refractivity contribution >= 4 is 74.1 Å². The lowest BCUT2D eigenvalue weighted by atomic mass is 9.83. The summed E-state index contributed by atoms with van der Waals surface area (Å²) < 4.78 is 12.1. The highest BCUT2D eigenvalue weighted by molar-refractivity contribution is 7.22. The number of amides is 7. The predicted molar refractivity (Wildman–Crippen MR) is 324 cm³/mol. The van der Waals surface area contributed by atoms with Gasteiger partial charge in [0, 0.05) is 44.2 Å². The number of carbonyl (C=O) groups is 7. The van der Waals surface area contributed by atoms with Crippen molar-refractivity contribution in [1.82, 2.24) is 35.7 Å². The molecule has 3 aliphatic carbocycles. The van der Waals surface area contributed by atoms with Gasteiger partial charge in [0.25, 0.3) is 0 Å². The summed E-state index contributed by atoms with van der Waals surface area (Å²) >= 11 is 1.42. The normalized spacial score (nSPS) is 19.2. The molecule has 7 amide bonds. The molecule has 5 atom stereocenters. The topological polar surface area (TPSA) is 230 Å². The largest absolute Gasteiger partial charge is 0.446 e. The molecule has 83 heavy (non-hydrogen) atoms. The molecule has 2 aromatic carbocycles. The second kappa shape index (κ2) is 29.8. The molecule has 0 radical (unpaired) electrons. The minimum Gasteiger partial charge on any atom is -0.446 e. The number of hydrogen-bond acceptors (Lipinski definition) is 12. The van der Waals surface area contributed by atoms with Gasteiger partial charge in [0.05, 0.1) is 27.6 Å². The number of carbonyl (C=O) groups excluding carboxylic acids is 7. The highest BCUT2D eigenvalue weighted by Gasteiger charge is 2.45. The zero-order valence-electron chi connectivity index (χ0n) is 49.8. The van der Waals surface area contributed by atoms with Gasteiger partial charge in [-0.15, -0.1) is 0 Å². The number of anilines is 2. The third kappa shape index (κ3) is 17.9.